The van der Waals surface area contributed by atoms with Gasteiger partial charge >= 0.3 is 0 Å². The molecule has 0 atom stereocenters. The molecule has 0 bridgehead atoms. The van der Waals surface area contributed by atoms with Crippen molar-refractivity contribution in [1.82, 2.24) is 20.5 Å². The Morgan fingerprint density at radius 2 is 2.28 bits per heavy atom. The first kappa shape index (κ1) is 12.5. The number of hydrogen-bond donors (Lipinski definition) is 3. The fourth-order valence-electron chi connectivity index (χ4n) is 1.70. The van der Waals surface area contributed by atoms with Gasteiger partial charge in [0.05, 0.1) is 11.3 Å². The number of aromatic amines is 2. The van der Waals surface area contributed by atoms with Gasteiger partial charge in [0.25, 0.3) is 5.91 Å². The van der Waals surface area contributed by atoms with Crippen LogP contribution in [0.1, 0.15) is 27.3 Å². The molecule has 2 aromatic heterocycles. The molecule has 0 radical (unpaired) electrons. The minimum atomic E-state index is -0.183. The molecule has 0 saturated heterocycles. The second-order valence-corrected chi connectivity index (χ2v) is 4.42. The van der Waals surface area contributed by atoms with Crippen LogP contribution in [0.15, 0.2) is 18.3 Å². The van der Waals surface area contributed by atoms with Crippen molar-refractivity contribution in [2.45, 2.75) is 20.4 Å². The van der Waals surface area contributed by atoms with E-state index in [-0.39, 0.29) is 5.91 Å². The predicted molar refractivity (Wildman–Crippen MR) is 70.9 cm³/mol. The monoisotopic (exact) mass is 262 g/mol. The lowest BCUT2D eigenvalue weighted by atomic mass is 10.2. The van der Waals surface area contributed by atoms with E-state index in [4.69, 9.17) is 12.2 Å². The van der Waals surface area contributed by atoms with Crippen LogP contribution in [0, 0.1) is 18.5 Å². The SMILES string of the molecule is Cc1n[nH]c(C)c1CNC(=O)c1ccc[nH]c1=S. The molecule has 5 nitrogen and oxygen atoms in total. The summed E-state index contributed by atoms with van der Waals surface area (Å²) in [6.07, 6.45) is 1.70. The second kappa shape index (κ2) is 5.14. The van der Waals surface area contributed by atoms with Crippen LogP contribution in [0.5, 0.6) is 0 Å². The smallest absolute Gasteiger partial charge is 0.254 e. The van der Waals surface area contributed by atoms with Crippen LogP contribution in [-0.4, -0.2) is 21.1 Å². The number of hydrogen-bond acceptors (Lipinski definition) is 3. The molecule has 2 rings (SSSR count). The Bertz CT molecular complexity index is 610. The lowest BCUT2D eigenvalue weighted by Gasteiger charge is -2.05. The van der Waals surface area contributed by atoms with Crippen molar-refractivity contribution < 1.29 is 4.79 Å². The van der Waals surface area contributed by atoms with E-state index in [0.29, 0.717) is 16.7 Å². The van der Waals surface area contributed by atoms with Gasteiger partial charge in [-0.1, -0.05) is 12.2 Å². The highest BCUT2D eigenvalue weighted by atomic mass is 32.1. The summed E-state index contributed by atoms with van der Waals surface area (Å²) in [6.45, 7) is 4.27. The topological polar surface area (TPSA) is 73.6 Å². The maximum Gasteiger partial charge on any atom is 0.254 e. The van der Waals surface area contributed by atoms with Crippen LogP contribution in [0.25, 0.3) is 0 Å². The Balaban J connectivity index is 2.10. The average molecular weight is 262 g/mol. The molecule has 0 fully saturated rings. The van der Waals surface area contributed by atoms with Crippen molar-refractivity contribution >= 4 is 18.1 Å². The summed E-state index contributed by atoms with van der Waals surface area (Å²) in [7, 11) is 0. The van der Waals surface area contributed by atoms with Crippen LogP contribution in [0.3, 0.4) is 0 Å². The van der Waals surface area contributed by atoms with E-state index < -0.39 is 0 Å². The Morgan fingerprint density at radius 1 is 1.50 bits per heavy atom. The Labute approximate surface area is 110 Å². The number of nitrogens with one attached hydrogen (secondary N) is 3. The normalized spacial score (nSPS) is 10.3. The summed E-state index contributed by atoms with van der Waals surface area (Å²) >= 11 is 5.06. The number of amides is 1. The van der Waals surface area contributed by atoms with E-state index in [1.54, 1.807) is 18.3 Å². The third-order valence-electron chi connectivity index (χ3n) is 2.77. The summed E-state index contributed by atoms with van der Waals surface area (Å²) in [5.74, 6) is -0.183. The van der Waals surface area contributed by atoms with Gasteiger partial charge in [-0.25, -0.2) is 0 Å². The van der Waals surface area contributed by atoms with Crippen LogP contribution in [0.4, 0.5) is 0 Å². The van der Waals surface area contributed by atoms with Gasteiger partial charge in [0.1, 0.15) is 4.64 Å². The first-order valence-electron chi connectivity index (χ1n) is 5.56. The molecule has 0 aromatic carbocycles. The number of carbonyl (C=O) groups excluding carboxylic acids is 1. The Kier molecular flexibility index (Phi) is 3.57. The number of pyridine rings is 1. The number of H-pyrrole nitrogens is 2. The highest BCUT2D eigenvalue weighted by Crippen LogP contribution is 2.09. The molecule has 0 unspecified atom stereocenters. The standard InChI is InChI=1S/C12H14N4OS/c1-7-10(8(2)16-15-7)6-14-11(17)9-4-3-5-13-12(9)18/h3-5H,6H2,1-2H3,(H,13,18)(H,14,17)(H,15,16). The molecule has 0 aliphatic carbocycles. The van der Waals surface area contributed by atoms with Crippen molar-refractivity contribution in [2.75, 3.05) is 0 Å². The zero-order chi connectivity index (χ0) is 13.1. The molecular formula is C12H14N4OS. The van der Waals surface area contributed by atoms with Crippen molar-refractivity contribution in [3.8, 4) is 0 Å². The molecule has 94 valence electrons. The summed E-state index contributed by atoms with van der Waals surface area (Å²) in [6, 6.07) is 3.45. The van der Waals surface area contributed by atoms with E-state index in [0.717, 1.165) is 17.0 Å². The van der Waals surface area contributed by atoms with Crippen LogP contribution < -0.4 is 5.32 Å². The molecular weight excluding hydrogens is 248 g/mol. The fraction of sp³-hybridized carbons (Fsp3) is 0.250. The third-order valence-corrected chi connectivity index (χ3v) is 3.11. The molecule has 0 aliphatic heterocycles. The van der Waals surface area contributed by atoms with Crippen molar-refractivity contribution in [1.29, 1.82) is 0 Å². The highest BCUT2D eigenvalue weighted by Gasteiger charge is 2.10. The minimum Gasteiger partial charge on any atom is -0.352 e. The predicted octanol–water partition coefficient (Wildman–Crippen LogP) is 2.01. The molecule has 0 saturated carbocycles. The maximum atomic E-state index is 12.0. The lowest BCUT2D eigenvalue weighted by molar-refractivity contribution is 0.0950. The van der Waals surface area contributed by atoms with E-state index in [1.807, 2.05) is 13.8 Å². The quantitative estimate of drug-likeness (QED) is 0.741. The average Bonchev–Trinajstić information content (AvgIpc) is 2.67. The van der Waals surface area contributed by atoms with Crippen LogP contribution in [0.2, 0.25) is 0 Å². The second-order valence-electron chi connectivity index (χ2n) is 4.01. The molecule has 0 aliphatic rings. The number of aryl methyl sites for hydroxylation is 2. The molecule has 6 heteroatoms. The molecule has 2 heterocycles. The van der Waals surface area contributed by atoms with Crippen LogP contribution in [-0.2, 0) is 6.54 Å². The van der Waals surface area contributed by atoms with E-state index in [2.05, 4.69) is 20.5 Å². The summed E-state index contributed by atoms with van der Waals surface area (Å²) in [5.41, 5.74) is 3.34. The van der Waals surface area contributed by atoms with Gasteiger partial charge in [0.15, 0.2) is 0 Å². The highest BCUT2D eigenvalue weighted by molar-refractivity contribution is 7.71. The molecule has 0 spiro atoms. The number of aromatic nitrogens is 3. The molecule has 2 aromatic rings. The third kappa shape index (κ3) is 2.48. The van der Waals surface area contributed by atoms with Gasteiger partial charge in [-0.3, -0.25) is 9.89 Å². The van der Waals surface area contributed by atoms with Gasteiger partial charge in [-0.15, -0.1) is 0 Å². The largest absolute Gasteiger partial charge is 0.352 e. The summed E-state index contributed by atoms with van der Waals surface area (Å²) < 4.78 is 0.440. The number of rotatable bonds is 3. The van der Waals surface area contributed by atoms with E-state index in [1.165, 1.54) is 0 Å². The van der Waals surface area contributed by atoms with Crippen molar-refractivity contribution in [3.63, 3.8) is 0 Å². The van der Waals surface area contributed by atoms with Gasteiger partial charge in [-0.05, 0) is 26.0 Å². The molecule has 18 heavy (non-hydrogen) atoms. The fourth-order valence-corrected chi connectivity index (χ4v) is 1.93. The zero-order valence-corrected chi connectivity index (χ0v) is 11.0. The van der Waals surface area contributed by atoms with Gasteiger partial charge in [-0.2, -0.15) is 5.10 Å². The van der Waals surface area contributed by atoms with Crippen LogP contribution >= 0.6 is 12.2 Å². The zero-order valence-electron chi connectivity index (χ0n) is 10.2. The van der Waals surface area contributed by atoms with E-state index >= 15 is 0 Å². The van der Waals surface area contributed by atoms with Gasteiger partial charge < -0.3 is 10.3 Å². The summed E-state index contributed by atoms with van der Waals surface area (Å²) in [4.78, 5) is 14.8. The van der Waals surface area contributed by atoms with Gasteiger partial charge in [0, 0.05) is 24.0 Å². The Hall–Kier alpha value is -1.95. The van der Waals surface area contributed by atoms with Crippen molar-refractivity contribution in [3.05, 3.63) is 45.5 Å². The number of nitrogens with zero attached hydrogens (tertiary/aromatic N) is 1. The first-order valence-corrected chi connectivity index (χ1v) is 5.96. The lowest BCUT2D eigenvalue weighted by Crippen LogP contribution is -2.23. The van der Waals surface area contributed by atoms with Crippen molar-refractivity contribution in [2.24, 2.45) is 0 Å². The number of carbonyl (C=O) groups is 1. The molecule has 3 N–H and O–H groups in total. The minimum absolute atomic E-state index is 0.183. The van der Waals surface area contributed by atoms with E-state index in [9.17, 15) is 4.79 Å². The Morgan fingerprint density at radius 3 is 2.89 bits per heavy atom. The molecule has 1 amide bonds. The van der Waals surface area contributed by atoms with Gasteiger partial charge in [0.2, 0.25) is 0 Å². The maximum absolute atomic E-state index is 12.0. The summed E-state index contributed by atoms with van der Waals surface area (Å²) in [5, 5.41) is 9.80. The first-order chi connectivity index (χ1) is 8.59.